The Labute approximate surface area is 155 Å². The first-order chi connectivity index (χ1) is 12.9. The predicted molar refractivity (Wildman–Crippen MR) is 95.6 cm³/mol. The van der Waals surface area contributed by atoms with Crippen molar-refractivity contribution in [1.29, 1.82) is 5.26 Å². The summed E-state index contributed by atoms with van der Waals surface area (Å²) in [5, 5.41) is 22.5. The van der Waals surface area contributed by atoms with Crippen molar-refractivity contribution in [1.82, 2.24) is 9.80 Å². The number of piperazine rings is 1. The van der Waals surface area contributed by atoms with Crippen LogP contribution in [0.25, 0.3) is 0 Å². The summed E-state index contributed by atoms with van der Waals surface area (Å²) >= 11 is 0. The minimum atomic E-state index is -0.661. The molecule has 0 aliphatic carbocycles. The highest BCUT2D eigenvalue weighted by atomic mass is 16.6. The number of nitrogens with zero attached hydrogens (tertiary/aromatic N) is 4. The third kappa shape index (κ3) is 5.43. The Hall–Kier alpha value is -3.61. The van der Waals surface area contributed by atoms with E-state index in [-0.39, 0.29) is 23.0 Å². The van der Waals surface area contributed by atoms with Gasteiger partial charge in [0.05, 0.1) is 11.5 Å². The first kappa shape index (κ1) is 19.7. The number of ether oxygens (including phenoxy) is 1. The minimum absolute atomic E-state index is 0.133. The van der Waals surface area contributed by atoms with E-state index < -0.39 is 10.8 Å². The monoisotopic (exact) mass is 373 g/mol. The summed E-state index contributed by atoms with van der Waals surface area (Å²) in [6, 6.07) is 7.29. The van der Waals surface area contributed by atoms with E-state index in [9.17, 15) is 25.0 Å². The second kappa shape index (κ2) is 9.19. The molecule has 0 aromatic heterocycles. The SMILES string of the molecule is CCOC(=O)N1CCN(/C=C(/C#N)C(=O)Nc2cccc([N+](=O)[O-])c2)CC1. The predicted octanol–water partition coefficient (Wildman–Crippen LogP) is 1.71. The fraction of sp³-hybridized carbons (Fsp3) is 0.353. The van der Waals surface area contributed by atoms with Gasteiger partial charge in [0, 0.05) is 50.2 Å². The second-order valence-corrected chi connectivity index (χ2v) is 5.64. The number of rotatable bonds is 5. The molecule has 1 N–H and O–H groups in total. The summed E-state index contributed by atoms with van der Waals surface area (Å²) < 4.78 is 4.94. The lowest BCUT2D eigenvalue weighted by Crippen LogP contribution is -2.47. The number of hydrogen-bond acceptors (Lipinski definition) is 7. The fourth-order valence-electron chi connectivity index (χ4n) is 2.46. The van der Waals surface area contributed by atoms with E-state index in [1.807, 2.05) is 6.07 Å². The van der Waals surface area contributed by atoms with Gasteiger partial charge < -0.3 is 19.9 Å². The highest BCUT2D eigenvalue weighted by Crippen LogP contribution is 2.17. The van der Waals surface area contributed by atoms with Gasteiger partial charge in [-0.1, -0.05) is 6.07 Å². The van der Waals surface area contributed by atoms with E-state index in [1.165, 1.54) is 30.5 Å². The quantitative estimate of drug-likeness (QED) is 0.360. The van der Waals surface area contributed by atoms with Crippen LogP contribution in [0.5, 0.6) is 0 Å². The van der Waals surface area contributed by atoms with Crippen LogP contribution in [0.15, 0.2) is 36.0 Å². The van der Waals surface area contributed by atoms with Crippen molar-refractivity contribution in [2.75, 3.05) is 38.1 Å². The van der Waals surface area contributed by atoms with Crippen molar-refractivity contribution >= 4 is 23.4 Å². The summed E-state index contributed by atoms with van der Waals surface area (Å²) in [6.45, 7) is 3.77. The molecule has 0 spiro atoms. The first-order valence-corrected chi connectivity index (χ1v) is 8.28. The highest BCUT2D eigenvalue weighted by Gasteiger charge is 2.21. The Balaban J connectivity index is 1.99. The van der Waals surface area contributed by atoms with Gasteiger partial charge in [0.2, 0.25) is 0 Å². The van der Waals surface area contributed by atoms with E-state index in [4.69, 9.17) is 4.74 Å². The fourth-order valence-corrected chi connectivity index (χ4v) is 2.46. The van der Waals surface area contributed by atoms with Crippen molar-refractivity contribution in [2.24, 2.45) is 0 Å². The molecule has 1 aromatic rings. The van der Waals surface area contributed by atoms with Crippen LogP contribution < -0.4 is 5.32 Å². The first-order valence-electron chi connectivity index (χ1n) is 8.28. The number of amides is 2. The zero-order valence-electron chi connectivity index (χ0n) is 14.8. The Morgan fingerprint density at radius 3 is 2.67 bits per heavy atom. The molecule has 1 saturated heterocycles. The molecule has 10 heteroatoms. The van der Waals surface area contributed by atoms with Crippen LogP contribution in [0.3, 0.4) is 0 Å². The van der Waals surface area contributed by atoms with Crippen LogP contribution in [0, 0.1) is 21.4 Å². The molecule has 0 atom stereocenters. The molecular formula is C17H19N5O5. The van der Waals surface area contributed by atoms with Gasteiger partial charge in [0.15, 0.2) is 0 Å². The maximum Gasteiger partial charge on any atom is 0.409 e. The molecule has 1 aliphatic heterocycles. The Morgan fingerprint density at radius 1 is 1.37 bits per heavy atom. The van der Waals surface area contributed by atoms with E-state index >= 15 is 0 Å². The van der Waals surface area contributed by atoms with Crippen LogP contribution in [-0.2, 0) is 9.53 Å². The third-order valence-electron chi connectivity index (χ3n) is 3.83. The van der Waals surface area contributed by atoms with E-state index in [0.717, 1.165) is 0 Å². The molecule has 1 fully saturated rings. The molecular weight excluding hydrogens is 354 g/mol. The van der Waals surface area contributed by atoms with Gasteiger partial charge in [-0.05, 0) is 13.0 Å². The average Bonchev–Trinajstić information content (AvgIpc) is 2.66. The standard InChI is InChI=1S/C17H19N5O5/c1-2-27-17(24)21-8-6-20(7-9-21)12-13(11-18)16(23)19-14-4-3-5-15(10-14)22(25)26/h3-5,10,12H,2,6-9H2,1H3,(H,19,23)/b13-12-. The maximum atomic E-state index is 12.3. The van der Waals surface area contributed by atoms with E-state index in [2.05, 4.69) is 5.32 Å². The van der Waals surface area contributed by atoms with Crippen LogP contribution >= 0.6 is 0 Å². The molecule has 1 aliphatic rings. The largest absolute Gasteiger partial charge is 0.450 e. The Bertz CT molecular complexity index is 793. The molecule has 10 nitrogen and oxygen atoms in total. The van der Waals surface area contributed by atoms with Crippen molar-refractivity contribution in [3.63, 3.8) is 0 Å². The topological polar surface area (TPSA) is 129 Å². The number of anilines is 1. The van der Waals surface area contributed by atoms with Gasteiger partial charge in [0.25, 0.3) is 11.6 Å². The number of nitro benzene ring substituents is 1. The van der Waals surface area contributed by atoms with Crippen LogP contribution in [-0.4, -0.2) is 59.5 Å². The van der Waals surface area contributed by atoms with Gasteiger partial charge in [-0.2, -0.15) is 5.26 Å². The minimum Gasteiger partial charge on any atom is -0.450 e. The number of carbonyl (C=O) groups is 2. The van der Waals surface area contributed by atoms with E-state index in [1.54, 1.807) is 16.7 Å². The molecule has 142 valence electrons. The van der Waals surface area contributed by atoms with Crippen molar-refractivity contribution in [3.8, 4) is 6.07 Å². The number of hydrogen-bond donors (Lipinski definition) is 1. The molecule has 0 unspecified atom stereocenters. The molecule has 27 heavy (non-hydrogen) atoms. The van der Waals surface area contributed by atoms with Crippen LogP contribution in [0.1, 0.15) is 6.92 Å². The second-order valence-electron chi connectivity index (χ2n) is 5.64. The lowest BCUT2D eigenvalue weighted by molar-refractivity contribution is -0.384. The number of non-ortho nitro benzene ring substituents is 1. The molecule has 2 amide bonds. The molecule has 2 rings (SSSR count). The van der Waals surface area contributed by atoms with Gasteiger partial charge in [0.1, 0.15) is 11.6 Å². The molecule has 0 saturated carbocycles. The van der Waals surface area contributed by atoms with Crippen LogP contribution in [0.4, 0.5) is 16.2 Å². The summed E-state index contributed by atoms with van der Waals surface area (Å²) in [6.07, 6.45) is 1.04. The zero-order chi connectivity index (χ0) is 19.8. The Kier molecular flexibility index (Phi) is 6.71. The molecule has 1 aromatic carbocycles. The highest BCUT2D eigenvalue weighted by molar-refractivity contribution is 6.06. The average molecular weight is 373 g/mol. The summed E-state index contributed by atoms with van der Waals surface area (Å²) in [5.74, 6) is -0.661. The smallest absolute Gasteiger partial charge is 0.409 e. The van der Waals surface area contributed by atoms with Gasteiger partial charge in [-0.25, -0.2) is 4.79 Å². The number of nitriles is 1. The van der Waals surface area contributed by atoms with Gasteiger partial charge in [-0.3, -0.25) is 14.9 Å². The normalized spacial score (nSPS) is 14.3. The van der Waals surface area contributed by atoms with Gasteiger partial charge in [-0.15, -0.1) is 0 Å². The number of nitrogens with one attached hydrogen (secondary N) is 1. The summed E-state index contributed by atoms with van der Waals surface area (Å²) in [5.41, 5.74) is -0.0704. The summed E-state index contributed by atoms with van der Waals surface area (Å²) in [7, 11) is 0. The Morgan fingerprint density at radius 2 is 2.07 bits per heavy atom. The zero-order valence-corrected chi connectivity index (χ0v) is 14.8. The lowest BCUT2D eigenvalue weighted by atomic mass is 10.2. The van der Waals surface area contributed by atoms with Crippen molar-refractivity contribution in [2.45, 2.75) is 6.92 Å². The lowest BCUT2D eigenvalue weighted by Gasteiger charge is -2.33. The molecule has 0 bridgehead atoms. The number of nitro groups is 1. The number of carbonyl (C=O) groups excluding carboxylic acids is 2. The van der Waals surface area contributed by atoms with Crippen molar-refractivity contribution < 1.29 is 19.2 Å². The number of benzene rings is 1. The van der Waals surface area contributed by atoms with Gasteiger partial charge >= 0.3 is 6.09 Å². The van der Waals surface area contributed by atoms with Crippen molar-refractivity contribution in [3.05, 3.63) is 46.2 Å². The molecule has 1 heterocycles. The molecule has 0 radical (unpaired) electrons. The summed E-state index contributed by atoms with van der Waals surface area (Å²) in [4.78, 5) is 37.5. The maximum absolute atomic E-state index is 12.3. The van der Waals surface area contributed by atoms with E-state index in [0.29, 0.717) is 32.8 Å². The third-order valence-corrected chi connectivity index (χ3v) is 3.83. The van der Waals surface area contributed by atoms with Crippen LogP contribution in [0.2, 0.25) is 0 Å².